The van der Waals surface area contributed by atoms with Crippen LogP contribution in [0.15, 0.2) is 60.9 Å². The average molecular weight is 800 g/mol. The van der Waals surface area contributed by atoms with E-state index in [9.17, 15) is 23.2 Å². The van der Waals surface area contributed by atoms with Crippen LogP contribution in [-0.2, 0) is 28.6 Å². The van der Waals surface area contributed by atoms with E-state index in [1.54, 1.807) is 44.3 Å². The predicted molar refractivity (Wildman–Crippen MR) is 200 cm³/mol. The largest absolute Gasteiger partial charge is 0.481 e. The highest BCUT2D eigenvalue weighted by atomic mass is 79.9. The quantitative estimate of drug-likeness (QED) is 0.0735. The van der Waals surface area contributed by atoms with E-state index in [4.69, 9.17) is 23.7 Å². The Morgan fingerprint density at radius 3 is 1.55 bits per heavy atom. The van der Waals surface area contributed by atoms with Crippen molar-refractivity contribution in [1.82, 2.24) is 9.97 Å². The van der Waals surface area contributed by atoms with Gasteiger partial charge >= 0.3 is 17.9 Å². The third kappa shape index (κ3) is 11.0. The van der Waals surface area contributed by atoms with Crippen molar-refractivity contribution in [3.63, 3.8) is 0 Å². The Labute approximate surface area is 317 Å². The molecule has 0 saturated heterocycles. The first-order chi connectivity index (χ1) is 25.2. The maximum absolute atomic E-state index is 14.4. The van der Waals surface area contributed by atoms with E-state index in [2.05, 4.69) is 25.9 Å². The topological polar surface area (TPSA) is 123 Å². The first-order valence-electron chi connectivity index (χ1n) is 17.0. The van der Waals surface area contributed by atoms with Crippen molar-refractivity contribution in [2.75, 3.05) is 27.4 Å². The molecule has 2 atom stereocenters. The molecule has 0 aliphatic carbocycles. The van der Waals surface area contributed by atoms with E-state index in [1.807, 2.05) is 27.7 Å². The summed E-state index contributed by atoms with van der Waals surface area (Å²) in [4.78, 5) is 44.1. The molecule has 0 fully saturated rings. The number of carbonyl (C=O) groups excluding carboxylic acids is 3. The van der Waals surface area contributed by atoms with E-state index in [0.29, 0.717) is 45.1 Å². The Morgan fingerprint density at radius 2 is 1.13 bits per heavy atom. The molecule has 10 nitrogen and oxygen atoms in total. The van der Waals surface area contributed by atoms with Crippen molar-refractivity contribution >= 4 is 33.8 Å². The van der Waals surface area contributed by atoms with Gasteiger partial charge in [-0.05, 0) is 101 Å². The number of hydrogen-bond donors (Lipinski definition) is 0. The van der Waals surface area contributed by atoms with Gasteiger partial charge in [0.2, 0.25) is 17.9 Å². The smallest absolute Gasteiger partial charge is 0.352 e. The van der Waals surface area contributed by atoms with Crippen molar-refractivity contribution in [2.24, 2.45) is 0 Å². The molecule has 2 heterocycles. The summed E-state index contributed by atoms with van der Waals surface area (Å²) in [7, 11) is 2.99. The first kappa shape index (κ1) is 42.5. The zero-order valence-corrected chi connectivity index (χ0v) is 32.9. The molecular formula is C40H45BrF2N2O8. The minimum Gasteiger partial charge on any atom is -0.481 e. The number of rotatable bonds is 13. The predicted octanol–water partition coefficient (Wildman–Crippen LogP) is 9.21. The van der Waals surface area contributed by atoms with Gasteiger partial charge in [-0.15, -0.1) is 0 Å². The lowest BCUT2D eigenvalue weighted by Gasteiger charge is -2.24. The highest BCUT2D eigenvalue weighted by molar-refractivity contribution is 9.09. The molecule has 2 aromatic heterocycles. The van der Waals surface area contributed by atoms with Crippen molar-refractivity contribution in [1.29, 1.82) is 0 Å². The van der Waals surface area contributed by atoms with Crippen LogP contribution < -0.4 is 9.47 Å². The Morgan fingerprint density at radius 1 is 0.698 bits per heavy atom. The highest BCUT2D eigenvalue weighted by Crippen LogP contribution is 2.41. The molecule has 0 bridgehead atoms. The maximum atomic E-state index is 14.4. The lowest BCUT2D eigenvalue weighted by atomic mass is 9.87. The van der Waals surface area contributed by atoms with Gasteiger partial charge in [0.05, 0.1) is 27.4 Å². The number of alkyl halides is 1. The van der Waals surface area contributed by atoms with Gasteiger partial charge in [0.1, 0.15) is 16.5 Å². The second kappa shape index (κ2) is 19.8. The first-order valence-corrected chi connectivity index (χ1v) is 17.9. The van der Waals surface area contributed by atoms with Crippen LogP contribution in [0.25, 0.3) is 22.3 Å². The molecule has 0 radical (unpaired) electrons. The monoisotopic (exact) mass is 798 g/mol. The molecule has 284 valence electrons. The Hall–Kier alpha value is -4.91. The summed E-state index contributed by atoms with van der Waals surface area (Å²) in [5.41, 5.74) is 4.69. The number of pyridine rings is 2. The fraction of sp³-hybridized carbons (Fsp3) is 0.375. The maximum Gasteiger partial charge on any atom is 0.352 e. The molecule has 53 heavy (non-hydrogen) atoms. The minimum absolute atomic E-state index is 0.0302. The van der Waals surface area contributed by atoms with Gasteiger partial charge < -0.3 is 23.7 Å². The highest BCUT2D eigenvalue weighted by Gasteiger charge is 2.32. The summed E-state index contributed by atoms with van der Waals surface area (Å²) in [6.45, 7) is 12.7. The van der Waals surface area contributed by atoms with Gasteiger partial charge in [0, 0.05) is 37.0 Å². The average Bonchev–Trinajstić information content (AvgIpc) is 3.13. The summed E-state index contributed by atoms with van der Waals surface area (Å²) >= 11 is 3.44. The van der Waals surface area contributed by atoms with Gasteiger partial charge in [-0.2, -0.15) is 0 Å². The number of methoxy groups -OCH3 is 2. The van der Waals surface area contributed by atoms with E-state index in [1.165, 1.54) is 51.6 Å². The molecular weight excluding hydrogens is 754 g/mol. The van der Waals surface area contributed by atoms with E-state index in [0.717, 1.165) is 11.1 Å². The molecule has 0 N–H and O–H groups in total. The summed E-state index contributed by atoms with van der Waals surface area (Å²) in [6, 6.07) is 12.3. The third-order valence-electron chi connectivity index (χ3n) is 7.90. The van der Waals surface area contributed by atoms with Crippen LogP contribution in [0.4, 0.5) is 8.78 Å². The van der Waals surface area contributed by atoms with Gasteiger partial charge in [-0.1, -0.05) is 43.6 Å². The summed E-state index contributed by atoms with van der Waals surface area (Å²) in [5.74, 6) is -1.95. The van der Waals surface area contributed by atoms with Crippen molar-refractivity contribution in [3.05, 3.63) is 94.8 Å². The van der Waals surface area contributed by atoms with Crippen molar-refractivity contribution in [3.8, 4) is 34.0 Å². The zero-order chi connectivity index (χ0) is 39.4. The van der Waals surface area contributed by atoms with Gasteiger partial charge in [0.15, 0.2) is 0 Å². The van der Waals surface area contributed by atoms with Gasteiger partial charge in [0.25, 0.3) is 0 Å². The lowest BCUT2D eigenvalue weighted by Crippen LogP contribution is -2.23. The van der Waals surface area contributed by atoms with Crippen LogP contribution in [-0.4, -0.2) is 55.3 Å². The van der Waals surface area contributed by atoms with Crippen LogP contribution in [0, 0.1) is 11.6 Å². The molecule has 2 aromatic carbocycles. The van der Waals surface area contributed by atoms with E-state index < -0.39 is 34.7 Å². The Kier molecular flexibility index (Phi) is 15.9. The number of nitrogens with zero attached hydrogens (tertiary/aromatic N) is 2. The summed E-state index contributed by atoms with van der Waals surface area (Å²) in [5, 5.41) is 0. The molecule has 4 rings (SSSR count). The molecule has 0 amide bonds. The minimum atomic E-state index is -1.32. The van der Waals surface area contributed by atoms with Crippen LogP contribution in [0.5, 0.6) is 11.8 Å². The second-order valence-electron chi connectivity index (χ2n) is 12.3. The standard InChI is InChI=1S/C21H24FNO5.C19H21BrFNO3/c1-6-27-21(25)20(28-13(4)24)19-16(12(2)3)10-15(22)11-17(19)14-7-8-23-18(9-14)26-5;1-5-25-19(23)18(20)17-14(11(2)3)9-13(21)10-15(17)12-6-7-22-16(8-12)24-4/h7-12,20H,6H2,1-5H3;6-11,18H,5H2,1-4H3. The summed E-state index contributed by atoms with van der Waals surface area (Å²) < 4.78 is 54.6. The van der Waals surface area contributed by atoms with Gasteiger partial charge in [-0.25, -0.2) is 23.5 Å². The molecule has 4 aromatic rings. The number of aromatic nitrogens is 2. The van der Waals surface area contributed by atoms with Crippen LogP contribution in [0.2, 0.25) is 0 Å². The van der Waals surface area contributed by atoms with Crippen molar-refractivity contribution in [2.45, 2.75) is 71.2 Å². The molecule has 0 aliphatic rings. The lowest BCUT2D eigenvalue weighted by molar-refractivity contribution is -0.167. The normalized spacial score (nSPS) is 12.0. The van der Waals surface area contributed by atoms with Crippen LogP contribution in [0.3, 0.4) is 0 Å². The molecule has 0 aliphatic heterocycles. The van der Waals surface area contributed by atoms with Gasteiger partial charge in [-0.3, -0.25) is 9.59 Å². The fourth-order valence-electron chi connectivity index (χ4n) is 5.61. The van der Waals surface area contributed by atoms with E-state index in [-0.39, 0.29) is 30.9 Å². The second-order valence-corrected chi connectivity index (χ2v) is 13.2. The number of benzene rings is 2. The number of hydrogen-bond acceptors (Lipinski definition) is 10. The van der Waals surface area contributed by atoms with Crippen molar-refractivity contribution < 1.29 is 46.8 Å². The third-order valence-corrected chi connectivity index (χ3v) is 8.73. The Bertz CT molecular complexity index is 1900. The van der Waals surface area contributed by atoms with Crippen LogP contribution >= 0.6 is 15.9 Å². The molecule has 0 saturated carbocycles. The molecule has 2 unspecified atom stereocenters. The number of ether oxygens (including phenoxy) is 5. The molecule has 13 heteroatoms. The fourth-order valence-corrected chi connectivity index (χ4v) is 6.25. The number of carbonyl (C=O) groups is 3. The SMILES string of the molecule is CCOC(=O)C(Br)c1c(-c2ccnc(OC)c2)cc(F)cc1C(C)C.CCOC(=O)C(OC(C)=O)c1c(-c2ccnc(OC)c2)cc(F)cc1C(C)C. The Balaban J connectivity index is 0.000000287. The van der Waals surface area contributed by atoms with E-state index >= 15 is 0 Å². The number of esters is 3. The zero-order valence-electron chi connectivity index (χ0n) is 31.3. The summed E-state index contributed by atoms with van der Waals surface area (Å²) in [6.07, 6.45) is 1.79. The number of halogens is 3. The molecule has 0 spiro atoms. The van der Waals surface area contributed by atoms with Crippen LogP contribution in [0.1, 0.15) is 93.5 Å².